The van der Waals surface area contributed by atoms with E-state index in [4.69, 9.17) is 9.47 Å². The first kappa shape index (κ1) is 60.9. The molecule has 0 radical (unpaired) electrons. The second kappa shape index (κ2) is 50.5. The number of hydrogen-bond acceptors (Lipinski definition) is 6. The Morgan fingerprint density at radius 3 is 1.16 bits per heavy atom. The Kier molecular flexibility index (Phi) is 49.6. The van der Waals surface area contributed by atoms with Gasteiger partial charge in [-0.3, -0.25) is 19.2 Å². The lowest BCUT2D eigenvalue weighted by Crippen LogP contribution is -2.61. The van der Waals surface area contributed by atoms with Gasteiger partial charge in [0.2, 0.25) is 11.8 Å². The summed E-state index contributed by atoms with van der Waals surface area (Å²) in [7, 11) is 0. The zero-order chi connectivity index (χ0) is 46.0. The van der Waals surface area contributed by atoms with Crippen molar-refractivity contribution in [3.05, 3.63) is 48.6 Å². The van der Waals surface area contributed by atoms with Gasteiger partial charge in [0.05, 0.1) is 13.2 Å². The standard InChI is InChI=1S/2C21H38O2.C12H22N2O2/c2*1-3-5-6-7-8-9-10-11-12-13-14-15-16-17-18-19-21(22)23-20-4-2;1-3-5-6-7-8-10-12(16)13-9(4-2)11(15)14-10/h2*8-9,11-12H,3-7,10,13-20H2,1-2H3;9-10H,3-8H2,1-2H3,(H,13,16)(H,14,15)/b2*9-8-,12-11-;. The number of piperazine rings is 1. The summed E-state index contributed by atoms with van der Waals surface area (Å²) >= 11 is 0. The highest BCUT2D eigenvalue weighted by Crippen LogP contribution is 2.12. The first-order valence-corrected chi connectivity index (χ1v) is 25.8. The van der Waals surface area contributed by atoms with Gasteiger partial charge in [-0.25, -0.2) is 0 Å². The third-order valence-corrected chi connectivity index (χ3v) is 10.6. The second-order valence-electron chi connectivity index (χ2n) is 16.8. The Morgan fingerprint density at radius 2 is 0.758 bits per heavy atom. The molecule has 1 aliphatic heterocycles. The molecule has 2 atom stereocenters. The Morgan fingerprint density at radius 1 is 0.419 bits per heavy atom. The summed E-state index contributed by atoms with van der Waals surface area (Å²) in [6.07, 6.45) is 53.9. The molecule has 0 spiro atoms. The van der Waals surface area contributed by atoms with Crippen LogP contribution in [0.5, 0.6) is 0 Å². The van der Waals surface area contributed by atoms with E-state index in [9.17, 15) is 19.2 Å². The summed E-state index contributed by atoms with van der Waals surface area (Å²) in [6.45, 7) is 13.7. The van der Waals surface area contributed by atoms with E-state index >= 15 is 0 Å². The monoisotopic (exact) mass is 871 g/mol. The highest BCUT2D eigenvalue weighted by Gasteiger charge is 2.31. The highest BCUT2D eigenvalue weighted by atomic mass is 16.5. The zero-order valence-electron chi connectivity index (χ0n) is 41.3. The summed E-state index contributed by atoms with van der Waals surface area (Å²) in [4.78, 5) is 45.8. The Hall–Kier alpha value is -3.16. The van der Waals surface area contributed by atoms with Gasteiger partial charge in [-0.15, -0.1) is 0 Å². The van der Waals surface area contributed by atoms with Crippen LogP contribution in [0.1, 0.15) is 247 Å². The molecule has 0 aromatic rings. The number of rotatable bonds is 38. The van der Waals surface area contributed by atoms with Crippen molar-refractivity contribution in [3.8, 4) is 0 Å². The Bertz CT molecular complexity index is 1080. The molecule has 0 aliphatic carbocycles. The average Bonchev–Trinajstić information content (AvgIpc) is 3.27. The number of ether oxygens (including phenoxy) is 2. The maximum atomic E-state index is 11.6. The molecular formula is C54H98N2O6. The Labute approximate surface area is 382 Å². The van der Waals surface area contributed by atoms with Crippen LogP contribution in [0, 0.1) is 0 Å². The molecule has 2 unspecified atom stereocenters. The topological polar surface area (TPSA) is 111 Å². The SMILES string of the molecule is CCCCC/C=C\C/C=C\CCCCCCCC(=O)OCCC.CCCCC/C=C\C/C=C\CCCCCCCC(=O)OCCC.CCCCCCC1NC(=O)C(CC)NC1=O. The van der Waals surface area contributed by atoms with Crippen LogP contribution in [0.3, 0.4) is 0 Å². The van der Waals surface area contributed by atoms with Crippen molar-refractivity contribution in [2.45, 2.75) is 259 Å². The van der Waals surface area contributed by atoms with E-state index in [-0.39, 0.29) is 35.8 Å². The van der Waals surface area contributed by atoms with Crippen molar-refractivity contribution in [2.75, 3.05) is 13.2 Å². The summed E-state index contributed by atoms with van der Waals surface area (Å²) in [5.41, 5.74) is 0. The second-order valence-corrected chi connectivity index (χ2v) is 16.8. The summed E-state index contributed by atoms with van der Waals surface area (Å²) in [5.74, 6) is -0.124. The van der Waals surface area contributed by atoms with Crippen LogP contribution in [-0.2, 0) is 28.7 Å². The van der Waals surface area contributed by atoms with Gasteiger partial charge in [0.25, 0.3) is 0 Å². The van der Waals surface area contributed by atoms with Crippen molar-refractivity contribution in [1.82, 2.24) is 10.6 Å². The fourth-order valence-corrected chi connectivity index (χ4v) is 6.68. The summed E-state index contributed by atoms with van der Waals surface area (Å²) in [6, 6.07) is -0.647. The largest absolute Gasteiger partial charge is 0.466 e. The van der Waals surface area contributed by atoms with Crippen molar-refractivity contribution in [2.24, 2.45) is 0 Å². The van der Waals surface area contributed by atoms with Crippen LogP contribution >= 0.6 is 0 Å². The molecule has 0 aromatic heterocycles. The third kappa shape index (κ3) is 44.9. The molecule has 62 heavy (non-hydrogen) atoms. The Balaban J connectivity index is 0. The molecule has 2 N–H and O–H groups in total. The number of carbonyl (C=O) groups excluding carboxylic acids is 4. The molecule has 8 heteroatoms. The lowest BCUT2D eigenvalue weighted by molar-refractivity contribution is -0.144. The van der Waals surface area contributed by atoms with Gasteiger partial charge in [0.15, 0.2) is 0 Å². The molecule has 0 bridgehead atoms. The first-order chi connectivity index (χ1) is 30.3. The average molecular weight is 871 g/mol. The van der Waals surface area contributed by atoms with Crippen molar-refractivity contribution < 1.29 is 28.7 Å². The number of carbonyl (C=O) groups is 4. The van der Waals surface area contributed by atoms with E-state index in [1.807, 2.05) is 20.8 Å². The number of allylic oxidation sites excluding steroid dienone is 8. The van der Waals surface area contributed by atoms with Crippen LogP contribution in [0.4, 0.5) is 0 Å². The van der Waals surface area contributed by atoms with E-state index in [1.165, 1.54) is 116 Å². The van der Waals surface area contributed by atoms with Gasteiger partial charge in [-0.05, 0) is 103 Å². The minimum absolute atomic E-state index is 0.0250. The molecule has 2 amide bonds. The van der Waals surface area contributed by atoms with Gasteiger partial charge in [-0.2, -0.15) is 0 Å². The maximum absolute atomic E-state index is 11.6. The molecule has 360 valence electrons. The van der Waals surface area contributed by atoms with E-state index in [2.05, 4.69) is 80.0 Å². The van der Waals surface area contributed by atoms with Gasteiger partial charge in [0, 0.05) is 12.8 Å². The van der Waals surface area contributed by atoms with Crippen LogP contribution in [0.15, 0.2) is 48.6 Å². The van der Waals surface area contributed by atoms with Crippen LogP contribution in [0.2, 0.25) is 0 Å². The molecule has 1 rings (SSSR count). The van der Waals surface area contributed by atoms with Crippen LogP contribution < -0.4 is 10.6 Å². The quantitative estimate of drug-likeness (QED) is 0.0363. The van der Waals surface area contributed by atoms with E-state index in [0.717, 1.165) is 70.6 Å². The van der Waals surface area contributed by atoms with Gasteiger partial charge >= 0.3 is 11.9 Å². The van der Waals surface area contributed by atoms with Crippen molar-refractivity contribution in [3.63, 3.8) is 0 Å². The smallest absolute Gasteiger partial charge is 0.305 e. The van der Waals surface area contributed by atoms with Crippen LogP contribution in [0.25, 0.3) is 0 Å². The number of amides is 2. The molecule has 1 fully saturated rings. The van der Waals surface area contributed by atoms with Crippen molar-refractivity contribution >= 4 is 23.8 Å². The van der Waals surface area contributed by atoms with Crippen molar-refractivity contribution in [1.29, 1.82) is 0 Å². The fourth-order valence-electron chi connectivity index (χ4n) is 6.68. The minimum Gasteiger partial charge on any atom is -0.466 e. The normalized spacial score (nSPS) is 15.1. The summed E-state index contributed by atoms with van der Waals surface area (Å²) in [5, 5.41) is 5.55. The molecule has 1 saturated heterocycles. The number of nitrogens with one attached hydrogen (secondary N) is 2. The minimum atomic E-state index is -0.334. The molecule has 1 aliphatic rings. The predicted octanol–water partition coefficient (Wildman–Crippen LogP) is 14.9. The van der Waals surface area contributed by atoms with Gasteiger partial charge in [0.1, 0.15) is 12.1 Å². The van der Waals surface area contributed by atoms with Gasteiger partial charge < -0.3 is 20.1 Å². The fraction of sp³-hybridized carbons (Fsp3) is 0.778. The molecule has 0 aromatic carbocycles. The summed E-state index contributed by atoms with van der Waals surface area (Å²) < 4.78 is 10.1. The molecule has 0 saturated carbocycles. The third-order valence-electron chi connectivity index (χ3n) is 10.6. The lowest BCUT2D eigenvalue weighted by atomic mass is 10.0. The number of esters is 2. The molecule has 8 nitrogen and oxygen atoms in total. The van der Waals surface area contributed by atoms with Crippen LogP contribution in [-0.4, -0.2) is 49.1 Å². The van der Waals surface area contributed by atoms with E-state index < -0.39 is 0 Å². The lowest BCUT2D eigenvalue weighted by Gasteiger charge is -2.28. The zero-order valence-corrected chi connectivity index (χ0v) is 41.3. The first-order valence-electron chi connectivity index (χ1n) is 25.8. The molecular weight excluding hydrogens is 773 g/mol. The van der Waals surface area contributed by atoms with E-state index in [0.29, 0.717) is 32.5 Å². The molecule has 1 heterocycles. The highest BCUT2D eigenvalue weighted by molar-refractivity contribution is 5.96. The number of hydrogen-bond donors (Lipinski definition) is 2. The maximum Gasteiger partial charge on any atom is 0.305 e. The van der Waals surface area contributed by atoms with Gasteiger partial charge in [-0.1, -0.05) is 180 Å². The number of unbranched alkanes of at least 4 members (excludes halogenated alkanes) is 19. The van der Waals surface area contributed by atoms with E-state index in [1.54, 1.807) is 0 Å². The predicted molar refractivity (Wildman–Crippen MR) is 264 cm³/mol.